The molecule has 140 valence electrons. The Morgan fingerprint density at radius 2 is 1.89 bits per heavy atom. The average Bonchev–Trinajstić information content (AvgIpc) is 2.64. The maximum atomic E-state index is 11.8. The Morgan fingerprint density at radius 1 is 1.15 bits per heavy atom. The summed E-state index contributed by atoms with van der Waals surface area (Å²) in [4.78, 5) is 11.8. The van der Waals surface area contributed by atoms with Gasteiger partial charge in [0.1, 0.15) is 0 Å². The molecular formula is C20H21N3O4. The molecule has 0 heterocycles. The molecule has 0 aromatic heterocycles. The summed E-state index contributed by atoms with van der Waals surface area (Å²) in [5.41, 5.74) is 14.4. The van der Waals surface area contributed by atoms with Gasteiger partial charge in [0, 0.05) is 17.5 Å². The van der Waals surface area contributed by atoms with Crippen LogP contribution >= 0.6 is 0 Å². The number of esters is 1. The third-order valence-electron chi connectivity index (χ3n) is 3.65. The molecule has 0 radical (unpaired) electrons. The lowest BCUT2D eigenvalue weighted by Crippen LogP contribution is -2.03. The topological polar surface area (TPSA) is 121 Å². The summed E-state index contributed by atoms with van der Waals surface area (Å²) in [6.45, 7) is 0.288. The van der Waals surface area contributed by atoms with Gasteiger partial charge >= 0.3 is 5.97 Å². The highest BCUT2D eigenvalue weighted by Gasteiger charge is 2.05. The second kappa shape index (κ2) is 9.73. The predicted molar refractivity (Wildman–Crippen MR) is 103 cm³/mol. The second-order valence-electron chi connectivity index (χ2n) is 5.72. The van der Waals surface area contributed by atoms with E-state index in [1.54, 1.807) is 36.6 Å². The van der Waals surface area contributed by atoms with Gasteiger partial charge < -0.3 is 25.7 Å². The molecule has 0 aliphatic rings. The van der Waals surface area contributed by atoms with Crippen LogP contribution in [0.1, 0.15) is 17.5 Å². The molecule has 2 aromatic carbocycles. The summed E-state index contributed by atoms with van der Waals surface area (Å²) in [7, 11) is 1.47. The number of nitrogen functional groups attached to an aromatic ring is 2. The van der Waals surface area contributed by atoms with Crippen LogP contribution in [0.3, 0.4) is 0 Å². The highest BCUT2D eigenvalue weighted by atomic mass is 16.5. The first kappa shape index (κ1) is 19.7. The Labute approximate surface area is 157 Å². The number of benzene rings is 2. The van der Waals surface area contributed by atoms with Gasteiger partial charge in [-0.2, -0.15) is 0 Å². The molecule has 2 aromatic rings. The molecule has 2 rings (SSSR count). The van der Waals surface area contributed by atoms with Crippen molar-refractivity contribution < 1.29 is 19.0 Å². The molecule has 0 unspecified atom stereocenters. The number of nitrogens with zero attached hydrogens (tertiary/aromatic N) is 1. The molecule has 0 spiro atoms. The molecule has 0 saturated heterocycles. The fourth-order valence-electron chi connectivity index (χ4n) is 2.47. The van der Waals surface area contributed by atoms with E-state index in [-0.39, 0.29) is 6.61 Å². The van der Waals surface area contributed by atoms with Crippen molar-refractivity contribution in [3.8, 4) is 17.8 Å². The molecule has 0 fully saturated rings. The monoisotopic (exact) mass is 367 g/mol. The summed E-state index contributed by atoms with van der Waals surface area (Å²) in [5, 5.41) is 8.57. The molecule has 27 heavy (non-hydrogen) atoms. The van der Waals surface area contributed by atoms with Crippen LogP contribution in [0.2, 0.25) is 0 Å². The van der Waals surface area contributed by atoms with Crippen LogP contribution in [0, 0.1) is 11.5 Å². The van der Waals surface area contributed by atoms with E-state index in [0.29, 0.717) is 41.3 Å². The van der Waals surface area contributed by atoms with Crippen LogP contribution in [-0.4, -0.2) is 19.7 Å². The zero-order chi connectivity index (χ0) is 19.6. The molecule has 0 aliphatic carbocycles. The first-order valence-electron chi connectivity index (χ1n) is 8.25. The minimum atomic E-state index is -0.446. The van der Waals surface area contributed by atoms with Crippen LogP contribution in [0.15, 0.2) is 42.5 Å². The van der Waals surface area contributed by atoms with Gasteiger partial charge in [-0.25, -0.2) is 4.79 Å². The van der Waals surface area contributed by atoms with Gasteiger partial charge in [0.25, 0.3) is 6.26 Å². The summed E-state index contributed by atoms with van der Waals surface area (Å²) in [6.07, 6.45) is 5.89. The minimum Gasteiger partial charge on any atom is -0.493 e. The maximum Gasteiger partial charge on any atom is 0.330 e. The number of aryl methyl sites for hydroxylation is 1. The Morgan fingerprint density at radius 3 is 2.56 bits per heavy atom. The SMILES string of the molecule is COc1cc(/C=C/C(=O)OCCCc2cc(N)cc(N)c2)ccc1OC#N. The van der Waals surface area contributed by atoms with E-state index in [1.165, 1.54) is 13.2 Å². The lowest BCUT2D eigenvalue weighted by atomic mass is 10.1. The molecule has 0 saturated carbocycles. The summed E-state index contributed by atoms with van der Waals surface area (Å²) >= 11 is 0. The number of hydrogen-bond donors (Lipinski definition) is 2. The lowest BCUT2D eigenvalue weighted by molar-refractivity contribution is -0.137. The third-order valence-corrected chi connectivity index (χ3v) is 3.65. The molecule has 0 amide bonds. The third kappa shape index (κ3) is 6.29. The fourth-order valence-corrected chi connectivity index (χ4v) is 2.47. The van der Waals surface area contributed by atoms with Gasteiger partial charge in [-0.05, 0) is 60.4 Å². The highest BCUT2D eigenvalue weighted by Crippen LogP contribution is 2.28. The van der Waals surface area contributed by atoms with Crippen molar-refractivity contribution in [1.82, 2.24) is 0 Å². The average molecular weight is 367 g/mol. The van der Waals surface area contributed by atoms with E-state index in [9.17, 15) is 4.79 Å². The molecule has 4 N–H and O–H groups in total. The van der Waals surface area contributed by atoms with Crippen molar-refractivity contribution in [2.24, 2.45) is 0 Å². The fraction of sp³-hybridized carbons (Fsp3) is 0.200. The van der Waals surface area contributed by atoms with E-state index < -0.39 is 5.97 Å². The largest absolute Gasteiger partial charge is 0.493 e. The summed E-state index contributed by atoms with van der Waals surface area (Å²) in [6, 6.07) is 10.3. The number of hydrogen-bond acceptors (Lipinski definition) is 7. The van der Waals surface area contributed by atoms with Crippen molar-refractivity contribution in [3.63, 3.8) is 0 Å². The highest BCUT2D eigenvalue weighted by molar-refractivity contribution is 5.87. The Kier molecular flexibility index (Phi) is 7.08. The second-order valence-corrected chi connectivity index (χ2v) is 5.72. The predicted octanol–water partition coefficient (Wildman–Crippen LogP) is 2.91. The molecular weight excluding hydrogens is 346 g/mol. The number of anilines is 2. The Hall–Kier alpha value is -3.66. The molecule has 0 atom stereocenters. The number of nitriles is 1. The van der Waals surface area contributed by atoms with Crippen LogP contribution < -0.4 is 20.9 Å². The van der Waals surface area contributed by atoms with Crippen molar-refractivity contribution >= 4 is 23.4 Å². The molecule has 7 heteroatoms. The molecule has 0 aliphatic heterocycles. The van der Waals surface area contributed by atoms with Gasteiger partial charge in [0.05, 0.1) is 13.7 Å². The quantitative estimate of drug-likeness (QED) is 0.242. The zero-order valence-corrected chi connectivity index (χ0v) is 15.0. The van der Waals surface area contributed by atoms with E-state index >= 15 is 0 Å². The van der Waals surface area contributed by atoms with Crippen molar-refractivity contribution in [3.05, 3.63) is 53.6 Å². The number of carbonyl (C=O) groups excluding carboxylic acids is 1. The number of ether oxygens (including phenoxy) is 3. The van der Waals surface area contributed by atoms with Crippen LogP contribution in [0.25, 0.3) is 6.08 Å². The molecule has 7 nitrogen and oxygen atoms in total. The van der Waals surface area contributed by atoms with E-state index in [1.807, 2.05) is 12.1 Å². The summed E-state index contributed by atoms with van der Waals surface area (Å²) < 4.78 is 15.1. The van der Waals surface area contributed by atoms with E-state index in [2.05, 4.69) is 0 Å². The first-order valence-corrected chi connectivity index (χ1v) is 8.25. The van der Waals surface area contributed by atoms with Gasteiger partial charge in [0.15, 0.2) is 11.5 Å². The van der Waals surface area contributed by atoms with Crippen molar-refractivity contribution in [1.29, 1.82) is 5.26 Å². The standard InChI is InChI=1S/C20H21N3O4/c1-25-19-11-14(4-6-18(19)27-13-21)5-7-20(24)26-8-2-3-15-9-16(22)12-17(23)10-15/h4-7,9-12H,2-3,8,22-23H2,1H3/b7-5+. The number of methoxy groups -OCH3 is 1. The van der Waals surface area contributed by atoms with Crippen LogP contribution in [0.4, 0.5) is 11.4 Å². The number of rotatable bonds is 8. The normalized spacial score (nSPS) is 10.4. The Balaban J connectivity index is 1.82. The number of carbonyl (C=O) groups is 1. The van der Waals surface area contributed by atoms with Gasteiger partial charge in [-0.1, -0.05) is 6.07 Å². The maximum absolute atomic E-state index is 11.8. The van der Waals surface area contributed by atoms with Crippen molar-refractivity contribution in [2.45, 2.75) is 12.8 Å². The summed E-state index contributed by atoms with van der Waals surface area (Å²) in [5.74, 6) is 0.258. The van der Waals surface area contributed by atoms with E-state index in [4.69, 9.17) is 30.9 Å². The van der Waals surface area contributed by atoms with Crippen LogP contribution in [-0.2, 0) is 16.0 Å². The van der Waals surface area contributed by atoms with Gasteiger partial charge in [0.2, 0.25) is 0 Å². The first-order chi connectivity index (χ1) is 13.0. The zero-order valence-electron chi connectivity index (χ0n) is 15.0. The van der Waals surface area contributed by atoms with Gasteiger partial charge in [-0.3, -0.25) is 0 Å². The van der Waals surface area contributed by atoms with Crippen LogP contribution in [0.5, 0.6) is 11.5 Å². The lowest BCUT2D eigenvalue weighted by Gasteiger charge is -2.06. The Bertz CT molecular complexity index is 852. The minimum absolute atomic E-state index is 0.288. The smallest absolute Gasteiger partial charge is 0.330 e. The van der Waals surface area contributed by atoms with Gasteiger partial charge in [-0.15, -0.1) is 5.26 Å². The number of nitrogens with two attached hydrogens (primary N) is 2. The molecule has 0 bridgehead atoms. The van der Waals surface area contributed by atoms with Crippen molar-refractivity contribution in [2.75, 3.05) is 25.2 Å². The van der Waals surface area contributed by atoms with E-state index in [0.717, 1.165) is 5.56 Å².